The molecule has 110 valence electrons. The maximum Gasteiger partial charge on any atom is 0.348 e. The monoisotopic (exact) mass is 289 g/mol. The Morgan fingerprint density at radius 3 is 2.38 bits per heavy atom. The van der Waals surface area contributed by atoms with Crippen molar-refractivity contribution in [2.24, 2.45) is 0 Å². The predicted octanol–water partition coefficient (Wildman–Crippen LogP) is 1.57. The summed E-state index contributed by atoms with van der Waals surface area (Å²) in [5, 5.41) is 8.97. The molecular weight excluding hydrogens is 274 g/mol. The maximum atomic E-state index is 11.6. The van der Waals surface area contributed by atoms with E-state index in [-0.39, 0.29) is 18.8 Å². The molecule has 0 amide bonds. The van der Waals surface area contributed by atoms with E-state index in [1.165, 1.54) is 20.3 Å². The van der Waals surface area contributed by atoms with Crippen molar-refractivity contribution in [3.8, 4) is 6.07 Å². The molecule has 1 aromatic rings. The largest absolute Gasteiger partial charge is 0.465 e. The van der Waals surface area contributed by atoms with E-state index >= 15 is 0 Å². The molecule has 21 heavy (non-hydrogen) atoms. The molecule has 1 aromatic carbocycles. The Morgan fingerprint density at radius 1 is 1.19 bits per heavy atom. The predicted molar refractivity (Wildman–Crippen MR) is 74.2 cm³/mol. The number of nitriles is 1. The van der Waals surface area contributed by atoms with Crippen LogP contribution in [-0.4, -0.2) is 39.4 Å². The van der Waals surface area contributed by atoms with Crippen molar-refractivity contribution in [1.82, 2.24) is 0 Å². The fourth-order valence-corrected chi connectivity index (χ4v) is 1.43. The third kappa shape index (κ3) is 5.09. The Kier molecular flexibility index (Phi) is 6.65. The first kappa shape index (κ1) is 16.4. The van der Waals surface area contributed by atoms with Crippen molar-refractivity contribution in [3.63, 3.8) is 0 Å². The fraction of sp³-hybridized carbons (Fsp3) is 0.267. The lowest BCUT2D eigenvalue weighted by Crippen LogP contribution is -2.11. The highest BCUT2D eigenvalue weighted by atomic mass is 16.6. The van der Waals surface area contributed by atoms with Crippen molar-refractivity contribution in [2.75, 3.05) is 27.4 Å². The molecule has 0 fully saturated rings. The van der Waals surface area contributed by atoms with Crippen LogP contribution in [0.5, 0.6) is 0 Å². The van der Waals surface area contributed by atoms with Gasteiger partial charge in [-0.15, -0.1) is 0 Å². The summed E-state index contributed by atoms with van der Waals surface area (Å²) >= 11 is 0. The van der Waals surface area contributed by atoms with Crippen molar-refractivity contribution >= 4 is 18.0 Å². The minimum absolute atomic E-state index is 0.0790. The number of hydrogen-bond acceptors (Lipinski definition) is 6. The molecule has 0 radical (unpaired) electrons. The van der Waals surface area contributed by atoms with E-state index in [1.807, 2.05) is 0 Å². The van der Waals surface area contributed by atoms with Crippen molar-refractivity contribution in [3.05, 3.63) is 41.0 Å². The molecule has 0 unspecified atom stereocenters. The number of carbonyl (C=O) groups is 2. The zero-order valence-electron chi connectivity index (χ0n) is 11.8. The fourth-order valence-electron chi connectivity index (χ4n) is 1.43. The zero-order chi connectivity index (χ0) is 15.7. The third-order valence-electron chi connectivity index (χ3n) is 2.50. The van der Waals surface area contributed by atoms with Crippen LogP contribution in [0.2, 0.25) is 0 Å². The van der Waals surface area contributed by atoms with Crippen molar-refractivity contribution < 1.29 is 23.8 Å². The molecular formula is C15H15NO5. The molecule has 0 spiro atoms. The SMILES string of the molecule is COCCOC(=O)/C(C#N)=C/c1ccc(C(=O)OC)cc1. The number of carbonyl (C=O) groups excluding carboxylic acids is 2. The summed E-state index contributed by atoms with van der Waals surface area (Å²) in [5.74, 6) is -1.17. The first-order valence-corrected chi connectivity index (χ1v) is 6.08. The standard InChI is InChI=1S/C15H15NO5/c1-19-7-8-21-15(18)13(10-16)9-11-3-5-12(6-4-11)14(17)20-2/h3-6,9H,7-8H2,1-2H3/b13-9+. The second-order valence-electron chi connectivity index (χ2n) is 3.91. The quantitative estimate of drug-likeness (QED) is 0.342. The lowest BCUT2D eigenvalue weighted by Gasteiger charge is -2.03. The first-order chi connectivity index (χ1) is 10.1. The van der Waals surface area contributed by atoms with Crippen molar-refractivity contribution in [1.29, 1.82) is 5.26 Å². The number of benzene rings is 1. The van der Waals surface area contributed by atoms with Gasteiger partial charge in [0.2, 0.25) is 0 Å². The molecule has 0 heterocycles. The minimum Gasteiger partial charge on any atom is -0.465 e. The van der Waals surface area contributed by atoms with Crippen LogP contribution >= 0.6 is 0 Å². The molecule has 0 saturated heterocycles. The van der Waals surface area contributed by atoms with Gasteiger partial charge in [-0.2, -0.15) is 5.26 Å². The van der Waals surface area contributed by atoms with Crippen LogP contribution in [-0.2, 0) is 19.0 Å². The summed E-state index contributed by atoms with van der Waals surface area (Å²) in [7, 11) is 2.78. The smallest absolute Gasteiger partial charge is 0.348 e. The second-order valence-corrected chi connectivity index (χ2v) is 3.91. The van der Waals surface area contributed by atoms with Crippen LogP contribution < -0.4 is 0 Å². The Balaban J connectivity index is 2.81. The molecule has 0 saturated carbocycles. The van der Waals surface area contributed by atoms with E-state index < -0.39 is 11.9 Å². The number of hydrogen-bond donors (Lipinski definition) is 0. The highest BCUT2D eigenvalue weighted by molar-refractivity contribution is 5.98. The summed E-state index contributed by atoms with van der Waals surface area (Å²) in [6.45, 7) is 0.341. The number of nitrogens with zero attached hydrogens (tertiary/aromatic N) is 1. The van der Waals surface area contributed by atoms with Gasteiger partial charge in [0.15, 0.2) is 0 Å². The highest BCUT2D eigenvalue weighted by Crippen LogP contribution is 2.10. The maximum absolute atomic E-state index is 11.6. The Bertz CT molecular complexity index is 569. The average molecular weight is 289 g/mol. The van der Waals surface area contributed by atoms with Crippen LogP contribution in [0, 0.1) is 11.3 Å². The molecule has 6 nitrogen and oxygen atoms in total. The topological polar surface area (TPSA) is 85.6 Å². The van der Waals surface area contributed by atoms with Gasteiger partial charge in [0.05, 0.1) is 19.3 Å². The highest BCUT2D eigenvalue weighted by Gasteiger charge is 2.11. The molecule has 0 N–H and O–H groups in total. The number of methoxy groups -OCH3 is 2. The lowest BCUT2D eigenvalue weighted by atomic mass is 10.1. The zero-order valence-corrected chi connectivity index (χ0v) is 11.8. The molecule has 0 aromatic heterocycles. The van der Waals surface area contributed by atoms with Gasteiger partial charge in [-0.05, 0) is 23.8 Å². The average Bonchev–Trinajstić information content (AvgIpc) is 2.52. The lowest BCUT2D eigenvalue weighted by molar-refractivity contribution is -0.139. The van der Waals surface area contributed by atoms with E-state index in [2.05, 4.69) is 4.74 Å². The van der Waals surface area contributed by atoms with Crippen molar-refractivity contribution in [2.45, 2.75) is 0 Å². The summed E-state index contributed by atoms with van der Waals surface area (Å²) in [6, 6.07) is 8.08. The van der Waals surface area contributed by atoms with E-state index in [0.717, 1.165) is 0 Å². The van der Waals surface area contributed by atoms with Gasteiger partial charge in [0.1, 0.15) is 18.2 Å². The molecule has 0 atom stereocenters. The normalized spacial score (nSPS) is 10.6. The van der Waals surface area contributed by atoms with E-state index in [4.69, 9.17) is 14.7 Å². The molecule has 1 rings (SSSR count). The number of rotatable bonds is 6. The molecule has 0 aliphatic rings. The first-order valence-electron chi connectivity index (χ1n) is 6.08. The van der Waals surface area contributed by atoms with Gasteiger partial charge < -0.3 is 14.2 Å². The van der Waals surface area contributed by atoms with Gasteiger partial charge >= 0.3 is 11.9 Å². The molecule has 0 bridgehead atoms. The van der Waals surface area contributed by atoms with Crippen LogP contribution in [0.15, 0.2) is 29.8 Å². The van der Waals surface area contributed by atoms with Gasteiger partial charge in [-0.3, -0.25) is 0 Å². The van der Waals surface area contributed by atoms with E-state index in [9.17, 15) is 9.59 Å². The molecule has 0 aliphatic carbocycles. The molecule has 0 aliphatic heterocycles. The van der Waals surface area contributed by atoms with Crippen LogP contribution in [0.1, 0.15) is 15.9 Å². The van der Waals surface area contributed by atoms with Gasteiger partial charge in [0.25, 0.3) is 0 Å². The summed E-state index contributed by atoms with van der Waals surface area (Å²) in [5.41, 5.74) is 0.857. The number of esters is 2. The Morgan fingerprint density at radius 2 is 1.86 bits per heavy atom. The Hall–Kier alpha value is -2.65. The van der Waals surface area contributed by atoms with Gasteiger partial charge in [-0.25, -0.2) is 9.59 Å². The summed E-state index contributed by atoms with van der Waals surface area (Å²) < 4.78 is 14.2. The van der Waals surface area contributed by atoms with E-state index in [1.54, 1.807) is 30.3 Å². The van der Waals surface area contributed by atoms with Crippen LogP contribution in [0.3, 0.4) is 0 Å². The van der Waals surface area contributed by atoms with E-state index in [0.29, 0.717) is 11.1 Å². The summed E-state index contributed by atoms with van der Waals surface area (Å²) in [6.07, 6.45) is 1.39. The minimum atomic E-state index is -0.716. The van der Waals surface area contributed by atoms with Gasteiger partial charge in [0, 0.05) is 7.11 Å². The molecule has 6 heteroatoms. The van der Waals surface area contributed by atoms with Crippen LogP contribution in [0.25, 0.3) is 6.08 Å². The van der Waals surface area contributed by atoms with Gasteiger partial charge in [-0.1, -0.05) is 12.1 Å². The summed E-state index contributed by atoms with van der Waals surface area (Å²) in [4.78, 5) is 22.9. The van der Waals surface area contributed by atoms with Crippen LogP contribution in [0.4, 0.5) is 0 Å². The number of ether oxygens (including phenoxy) is 3. The second kappa shape index (κ2) is 8.51. The third-order valence-corrected chi connectivity index (χ3v) is 2.50. The Labute approximate surface area is 122 Å².